The van der Waals surface area contributed by atoms with Gasteiger partial charge in [0.2, 0.25) is 11.7 Å². The molecule has 0 atom stereocenters. The van der Waals surface area contributed by atoms with Crippen LogP contribution in [0.1, 0.15) is 17.0 Å². The summed E-state index contributed by atoms with van der Waals surface area (Å²) in [6.07, 6.45) is -4.43. The first-order chi connectivity index (χ1) is 13.8. The average molecular weight is 407 g/mol. The molecule has 154 valence electrons. The number of methoxy groups -OCH3 is 2. The van der Waals surface area contributed by atoms with Gasteiger partial charge in [0.15, 0.2) is 11.5 Å². The molecule has 2 aromatic carbocycles. The summed E-state index contributed by atoms with van der Waals surface area (Å²) in [5, 5.41) is 3.81. The lowest BCUT2D eigenvalue weighted by Crippen LogP contribution is -2.18. The fourth-order valence-corrected chi connectivity index (χ4v) is 2.93. The number of alkyl halides is 3. The molecule has 6 nitrogen and oxygen atoms in total. The van der Waals surface area contributed by atoms with Crippen LogP contribution in [0.25, 0.3) is 11.4 Å². The van der Waals surface area contributed by atoms with Gasteiger partial charge in [-0.25, -0.2) is 0 Å². The van der Waals surface area contributed by atoms with Crippen molar-refractivity contribution in [2.45, 2.75) is 19.3 Å². The van der Waals surface area contributed by atoms with Crippen molar-refractivity contribution < 1.29 is 27.2 Å². The minimum atomic E-state index is -4.43. The first kappa shape index (κ1) is 20.7. The van der Waals surface area contributed by atoms with Crippen molar-refractivity contribution in [3.8, 4) is 22.9 Å². The highest BCUT2D eigenvalue weighted by molar-refractivity contribution is 5.55. The summed E-state index contributed by atoms with van der Waals surface area (Å²) in [5.41, 5.74) is 0.391. The number of benzene rings is 2. The highest BCUT2D eigenvalue weighted by atomic mass is 19.4. The molecule has 0 saturated heterocycles. The lowest BCUT2D eigenvalue weighted by molar-refractivity contribution is -0.137. The third-order valence-electron chi connectivity index (χ3n) is 4.25. The van der Waals surface area contributed by atoms with E-state index in [2.05, 4.69) is 10.1 Å². The topological polar surface area (TPSA) is 60.6 Å². The van der Waals surface area contributed by atoms with E-state index in [1.807, 2.05) is 30.1 Å². The third kappa shape index (κ3) is 4.86. The number of halogens is 3. The van der Waals surface area contributed by atoms with Gasteiger partial charge < -0.3 is 14.0 Å². The van der Waals surface area contributed by atoms with E-state index in [1.165, 1.54) is 12.1 Å². The first-order valence-electron chi connectivity index (χ1n) is 8.70. The second-order valence-corrected chi connectivity index (χ2v) is 6.42. The lowest BCUT2D eigenvalue weighted by atomic mass is 10.1. The smallest absolute Gasteiger partial charge is 0.416 e. The van der Waals surface area contributed by atoms with Crippen LogP contribution in [0.5, 0.6) is 11.5 Å². The molecule has 1 heterocycles. The molecule has 0 bridgehead atoms. The van der Waals surface area contributed by atoms with Gasteiger partial charge in [0.25, 0.3) is 0 Å². The van der Waals surface area contributed by atoms with Crippen LogP contribution in [0.4, 0.5) is 13.2 Å². The molecular formula is C20H20F3N3O3. The van der Waals surface area contributed by atoms with Gasteiger partial charge in [0.1, 0.15) is 0 Å². The van der Waals surface area contributed by atoms with Crippen molar-refractivity contribution in [1.29, 1.82) is 0 Å². The number of para-hydroxylation sites is 1. The molecule has 0 saturated carbocycles. The Morgan fingerprint density at radius 3 is 2.48 bits per heavy atom. The predicted octanol–water partition coefficient (Wildman–Crippen LogP) is 4.40. The zero-order valence-corrected chi connectivity index (χ0v) is 16.2. The Morgan fingerprint density at radius 1 is 1.03 bits per heavy atom. The molecule has 0 aliphatic heterocycles. The molecular weight excluding hydrogens is 387 g/mol. The fraction of sp³-hybridized carbons (Fsp3) is 0.300. The molecule has 0 fully saturated rings. The highest BCUT2D eigenvalue weighted by Crippen LogP contribution is 2.32. The van der Waals surface area contributed by atoms with Crippen molar-refractivity contribution >= 4 is 0 Å². The monoisotopic (exact) mass is 407 g/mol. The maximum absolute atomic E-state index is 12.9. The molecule has 0 radical (unpaired) electrons. The molecule has 9 heteroatoms. The Labute approximate surface area is 165 Å². The standard InChI is InChI=1S/C20H20F3N3O3/c1-26(11-14-7-5-9-16(27-2)18(14)28-3)12-17-24-19(25-29-17)13-6-4-8-15(10-13)20(21,22)23/h4-10H,11-12H2,1-3H3. The molecule has 3 aromatic rings. The Balaban J connectivity index is 1.72. The minimum Gasteiger partial charge on any atom is -0.493 e. The van der Waals surface area contributed by atoms with Gasteiger partial charge >= 0.3 is 6.18 Å². The number of ether oxygens (including phenoxy) is 2. The van der Waals surface area contributed by atoms with E-state index < -0.39 is 11.7 Å². The van der Waals surface area contributed by atoms with Crippen LogP contribution in [-0.2, 0) is 19.3 Å². The summed E-state index contributed by atoms with van der Waals surface area (Å²) in [4.78, 5) is 6.14. The first-order valence-corrected chi connectivity index (χ1v) is 8.70. The van der Waals surface area contributed by atoms with E-state index >= 15 is 0 Å². The Morgan fingerprint density at radius 2 is 1.79 bits per heavy atom. The molecule has 29 heavy (non-hydrogen) atoms. The summed E-state index contributed by atoms with van der Waals surface area (Å²) < 4.78 is 54.6. The number of hydrogen-bond acceptors (Lipinski definition) is 6. The Hall–Kier alpha value is -3.07. The summed E-state index contributed by atoms with van der Waals surface area (Å²) in [5.74, 6) is 1.67. The van der Waals surface area contributed by atoms with Gasteiger partial charge in [-0.05, 0) is 25.2 Å². The quantitative estimate of drug-likeness (QED) is 0.578. The van der Waals surface area contributed by atoms with Crippen molar-refractivity contribution in [2.24, 2.45) is 0 Å². The van der Waals surface area contributed by atoms with Crippen LogP contribution >= 0.6 is 0 Å². The molecule has 0 unspecified atom stereocenters. The van der Waals surface area contributed by atoms with Crippen molar-refractivity contribution in [3.63, 3.8) is 0 Å². The minimum absolute atomic E-state index is 0.110. The molecule has 1 aromatic heterocycles. The van der Waals surface area contributed by atoms with Crippen molar-refractivity contribution in [2.75, 3.05) is 21.3 Å². The SMILES string of the molecule is COc1cccc(CN(C)Cc2nc(-c3cccc(C(F)(F)F)c3)no2)c1OC. The van der Waals surface area contributed by atoms with Gasteiger partial charge in [0, 0.05) is 17.7 Å². The van der Waals surface area contributed by atoms with E-state index in [0.29, 0.717) is 30.5 Å². The van der Waals surface area contributed by atoms with Gasteiger partial charge in [-0.3, -0.25) is 4.90 Å². The fourth-order valence-electron chi connectivity index (χ4n) is 2.93. The number of rotatable bonds is 7. The van der Waals surface area contributed by atoms with E-state index in [4.69, 9.17) is 14.0 Å². The maximum Gasteiger partial charge on any atom is 0.416 e. The second kappa shape index (κ2) is 8.52. The number of hydrogen-bond donors (Lipinski definition) is 0. The zero-order chi connectivity index (χ0) is 21.0. The van der Waals surface area contributed by atoms with E-state index in [9.17, 15) is 13.2 Å². The van der Waals surface area contributed by atoms with E-state index in [1.54, 1.807) is 14.2 Å². The normalized spacial score (nSPS) is 11.7. The molecule has 0 aliphatic rings. The zero-order valence-electron chi connectivity index (χ0n) is 16.2. The molecule has 0 N–H and O–H groups in total. The molecule has 0 aliphatic carbocycles. The Kier molecular flexibility index (Phi) is 6.07. The van der Waals surface area contributed by atoms with E-state index in [-0.39, 0.29) is 11.4 Å². The van der Waals surface area contributed by atoms with Crippen LogP contribution in [0, 0.1) is 0 Å². The second-order valence-electron chi connectivity index (χ2n) is 6.42. The van der Waals surface area contributed by atoms with Crippen molar-refractivity contribution in [3.05, 3.63) is 59.5 Å². The maximum atomic E-state index is 12.9. The van der Waals surface area contributed by atoms with Crippen LogP contribution in [-0.4, -0.2) is 36.3 Å². The third-order valence-corrected chi connectivity index (χ3v) is 4.25. The molecule has 0 amide bonds. The summed E-state index contributed by atoms with van der Waals surface area (Å²) in [6.45, 7) is 0.827. The predicted molar refractivity (Wildman–Crippen MR) is 99.5 cm³/mol. The average Bonchev–Trinajstić information content (AvgIpc) is 3.15. The summed E-state index contributed by atoms with van der Waals surface area (Å²) in [6, 6.07) is 10.4. The van der Waals surface area contributed by atoms with Gasteiger partial charge in [-0.15, -0.1) is 0 Å². The molecule has 3 rings (SSSR count). The Bertz CT molecular complexity index is 973. The van der Waals surface area contributed by atoms with Crippen LogP contribution in [0.15, 0.2) is 47.0 Å². The van der Waals surface area contributed by atoms with Gasteiger partial charge in [-0.1, -0.05) is 29.4 Å². The number of nitrogens with zero attached hydrogens (tertiary/aromatic N) is 3. The van der Waals surface area contributed by atoms with Crippen molar-refractivity contribution in [1.82, 2.24) is 15.0 Å². The molecule has 0 spiro atoms. The highest BCUT2D eigenvalue weighted by Gasteiger charge is 2.30. The largest absolute Gasteiger partial charge is 0.493 e. The summed E-state index contributed by atoms with van der Waals surface area (Å²) >= 11 is 0. The van der Waals surface area contributed by atoms with E-state index in [0.717, 1.165) is 17.7 Å². The van der Waals surface area contributed by atoms with Gasteiger partial charge in [0.05, 0.1) is 26.3 Å². The van der Waals surface area contributed by atoms with Crippen LogP contribution in [0.2, 0.25) is 0 Å². The van der Waals surface area contributed by atoms with Crippen LogP contribution in [0.3, 0.4) is 0 Å². The lowest BCUT2D eigenvalue weighted by Gasteiger charge is -2.18. The summed E-state index contributed by atoms with van der Waals surface area (Å²) in [7, 11) is 4.99. The number of aromatic nitrogens is 2. The van der Waals surface area contributed by atoms with Gasteiger partial charge in [-0.2, -0.15) is 18.2 Å². The van der Waals surface area contributed by atoms with Crippen LogP contribution < -0.4 is 9.47 Å².